The number of aromatic nitrogens is 2. The highest BCUT2D eigenvalue weighted by atomic mass is 79.9. The van der Waals surface area contributed by atoms with Crippen LogP contribution >= 0.6 is 15.9 Å². The van der Waals surface area contributed by atoms with Gasteiger partial charge >= 0.3 is 6.09 Å². The van der Waals surface area contributed by atoms with Crippen LogP contribution in [0.4, 0.5) is 4.79 Å². The molecule has 0 unspecified atom stereocenters. The fourth-order valence-electron chi connectivity index (χ4n) is 1.24. The summed E-state index contributed by atoms with van der Waals surface area (Å²) in [5.74, 6) is 0. The molecule has 0 bridgehead atoms. The van der Waals surface area contributed by atoms with Crippen molar-refractivity contribution in [1.82, 2.24) is 15.1 Å². The van der Waals surface area contributed by atoms with E-state index in [4.69, 9.17) is 4.74 Å². The topological polar surface area (TPSA) is 55.3 Å². The van der Waals surface area contributed by atoms with Gasteiger partial charge in [0, 0.05) is 7.05 Å². The summed E-state index contributed by atoms with van der Waals surface area (Å²) in [6.45, 7) is 7.39. The Balaban J connectivity index is 2.74. The maximum Gasteiger partial charge on any atom is 0.410 e. The molecule has 0 aromatic carbocycles. The summed E-state index contributed by atoms with van der Waals surface area (Å²) >= 11 is 3.22. The van der Waals surface area contributed by atoms with E-state index in [0.717, 1.165) is 0 Å². The van der Waals surface area contributed by atoms with Gasteiger partial charge in [0.25, 0.3) is 0 Å². The van der Waals surface area contributed by atoms with Crippen LogP contribution in [0.1, 0.15) is 39.4 Å². The zero-order valence-electron chi connectivity index (χ0n) is 11.3. The maximum absolute atomic E-state index is 11.9. The minimum absolute atomic E-state index is 0.194. The lowest BCUT2D eigenvalue weighted by Gasteiger charge is -2.28. The smallest absolute Gasteiger partial charge is 0.410 e. The van der Waals surface area contributed by atoms with E-state index in [0.29, 0.717) is 10.3 Å². The van der Waals surface area contributed by atoms with Crippen LogP contribution in [-0.4, -0.2) is 33.8 Å². The Morgan fingerprint density at radius 3 is 2.44 bits per heavy atom. The largest absolute Gasteiger partial charge is 0.444 e. The Labute approximate surface area is 116 Å². The van der Waals surface area contributed by atoms with Crippen molar-refractivity contribution in [3.05, 3.63) is 22.4 Å². The van der Waals surface area contributed by atoms with Crippen LogP contribution in [-0.2, 0) is 4.74 Å². The Kier molecular flexibility index (Phi) is 4.67. The van der Waals surface area contributed by atoms with Gasteiger partial charge < -0.3 is 9.64 Å². The molecular formula is C12H18BrN3O2. The van der Waals surface area contributed by atoms with E-state index >= 15 is 0 Å². The van der Waals surface area contributed by atoms with E-state index in [2.05, 4.69) is 26.1 Å². The predicted octanol–water partition coefficient (Wildman–Crippen LogP) is 3.17. The first-order valence-electron chi connectivity index (χ1n) is 5.65. The molecule has 0 spiro atoms. The Hall–Kier alpha value is -1.17. The maximum atomic E-state index is 11.9. The van der Waals surface area contributed by atoms with Crippen molar-refractivity contribution in [1.29, 1.82) is 0 Å². The van der Waals surface area contributed by atoms with E-state index in [1.807, 2.05) is 33.8 Å². The highest BCUT2D eigenvalue weighted by Gasteiger charge is 2.24. The van der Waals surface area contributed by atoms with Crippen LogP contribution in [0.5, 0.6) is 0 Å². The third-order valence-corrected chi connectivity index (χ3v) is 2.77. The molecule has 0 saturated heterocycles. The number of nitrogens with zero attached hydrogens (tertiary/aromatic N) is 3. The normalized spacial score (nSPS) is 13.0. The zero-order chi connectivity index (χ0) is 13.9. The van der Waals surface area contributed by atoms with E-state index in [-0.39, 0.29) is 12.1 Å². The Morgan fingerprint density at radius 1 is 1.39 bits per heavy atom. The molecule has 1 heterocycles. The van der Waals surface area contributed by atoms with Gasteiger partial charge in [-0.15, -0.1) is 5.10 Å². The van der Waals surface area contributed by atoms with Crippen molar-refractivity contribution in [2.75, 3.05) is 7.05 Å². The van der Waals surface area contributed by atoms with Gasteiger partial charge in [0.15, 0.2) is 0 Å². The molecule has 18 heavy (non-hydrogen) atoms. The van der Waals surface area contributed by atoms with Crippen LogP contribution in [0.15, 0.2) is 16.7 Å². The number of hydrogen-bond donors (Lipinski definition) is 0. The summed E-state index contributed by atoms with van der Waals surface area (Å²) < 4.78 is 5.96. The number of ether oxygens (including phenoxy) is 1. The van der Waals surface area contributed by atoms with Gasteiger partial charge in [-0.3, -0.25) is 0 Å². The molecule has 1 aromatic heterocycles. The second-order valence-electron chi connectivity index (χ2n) is 5.05. The van der Waals surface area contributed by atoms with Crippen molar-refractivity contribution in [3.63, 3.8) is 0 Å². The van der Waals surface area contributed by atoms with Gasteiger partial charge in [-0.1, -0.05) is 0 Å². The molecule has 0 aliphatic carbocycles. The van der Waals surface area contributed by atoms with Crippen LogP contribution in [0.25, 0.3) is 0 Å². The molecule has 0 radical (unpaired) electrons. The number of carbonyl (C=O) groups is 1. The molecule has 0 saturated carbocycles. The summed E-state index contributed by atoms with van der Waals surface area (Å²) in [6, 6.07) is 3.42. The molecule has 6 heteroatoms. The summed E-state index contributed by atoms with van der Waals surface area (Å²) in [7, 11) is 1.68. The molecule has 0 aliphatic heterocycles. The van der Waals surface area contributed by atoms with Crippen molar-refractivity contribution in [2.24, 2.45) is 0 Å². The molecule has 1 rings (SSSR count). The summed E-state index contributed by atoms with van der Waals surface area (Å²) in [5.41, 5.74) is 0.211. The number of halogens is 1. The molecular weight excluding hydrogens is 298 g/mol. The lowest BCUT2D eigenvalue weighted by atomic mass is 10.2. The van der Waals surface area contributed by atoms with Crippen LogP contribution in [0.3, 0.4) is 0 Å². The second-order valence-corrected chi connectivity index (χ2v) is 5.86. The molecule has 0 aliphatic rings. The molecule has 100 valence electrons. The molecule has 0 fully saturated rings. The Morgan fingerprint density at radius 2 is 2.00 bits per heavy atom. The molecule has 0 N–H and O–H groups in total. The van der Waals surface area contributed by atoms with Crippen molar-refractivity contribution in [3.8, 4) is 0 Å². The fraction of sp³-hybridized carbons (Fsp3) is 0.583. The van der Waals surface area contributed by atoms with E-state index in [1.54, 1.807) is 13.1 Å². The molecule has 1 amide bonds. The first-order valence-corrected chi connectivity index (χ1v) is 6.45. The lowest BCUT2D eigenvalue weighted by molar-refractivity contribution is 0.0230. The predicted molar refractivity (Wildman–Crippen MR) is 72.1 cm³/mol. The first-order chi connectivity index (χ1) is 8.20. The first kappa shape index (κ1) is 14.9. The fourth-order valence-corrected chi connectivity index (χ4v) is 1.45. The summed E-state index contributed by atoms with van der Waals surface area (Å²) in [4.78, 5) is 13.4. The van der Waals surface area contributed by atoms with Gasteiger partial charge in [0.2, 0.25) is 0 Å². The van der Waals surface area contributed by atoms with Crippen molar-refractivity contribution in [2.45, 2.75) is 39.3 Å². The lowest BCUT2D eigenvalue weighted by Crippen LogP contribution is -2.36. The van der Waals surface area contributed by atoms with Gasteiger partial charge in [0.1, 0.15) is 10.2 Å². The van der Waals surface area contributed by atoms with E-state index < -0.39 is 5.60 Å². The van der Waals surface area contributed by atoms with Crippen molar-refractivity contribution >= 4 is 22.0 Å². The van der Waals surface area contributed by atoms with E-state index in [9.17, 15) is 4.79 Å². The number of carbonyl (C=O) groups excluding carboxylic acids is 1. The van der Waals surface area contributed by atoms with Crippen LogP contribution in [0.2, 0.25) is 0 Å². The minimum Gasteiger partial charge on any atom is -0.444 e. The van der Waals surface area contributed by atoms with Gasteiger partial charge in [-0.25, -0.2) is 4.79 Å². The van der Waals surface area contributed by atoms with Crippen molar-refractivity contribution < 1.29 is 9.53 Å². The highest BCUT2D eigenvalue weighted by molar-refractivity contribution is 9.10. The summed E-state index contributed by atoms with van der Waals surface area (Å²) in [6.07, 6.45) is -0.375. The minimum atomic E-state index is -0.504. The molecule has 1 atom stereocenters. The standard InChI is InChI=1S/C12H18BrN3O2/c1-8(9-6-7-10(13)15-14-9)16(5)11(17)18-12(2,3)4/h6-8H,1-5H3/t8-/m1/s1. The Bertz CT molecular complexity index is 414. The van der Waals surface area contributed by atoms with Gasteiger partial charge in [-0.2, -0.15) is 5.10 Å². The van der Waals surface area contributed by atoms with Gasteiger partial charge in [0.05, 0.1) is 11.7 Å². The zero-order valence-corrected chi connectivity index (χ0v) is 12.9. The third kappa shape index (κ3) is 4.25. The van der Waals surface area contributed by atoms with Gasteiger partial charge in [-0.05, 0) is 55.8 Å². The number of hydrogen-bond acceptors (Lipinski definition) is 4. The molecule has 1 aromatic rings. The molecule has 5 nitrogen and oxygen atoms in total. The van der Waals surface area contributed by atoms with Crippen LogP contribution < -0.4 is 0 Å². The number of rotatable bonds is 2. The quantitative estimate of drug-likeness (QED) is 0.841. The second kappa shape index (κ2) is 5.65. The monoisotopic (exact) mass is 315 g/mol. The third-order valence-electron chi connectivity index (χ3n) is 2.34. The average molecular weight is 316 g/mol. The highest BCUT2D eigenvalue weighted by Crippen LogP contribution is 2.19. The summed E-state index contributed by atoms with van der Waals surface area (Å²) in [5, 5.41) is 7.94. The van der Waals surface area contributed by atoms with Crippen LogP contribution in [0, 0.1) is 0 Å². The number of amides is 1. The SMILES string of the molecule is C[C@H](c1ccc(Br)nn1)N(C)C(=O)OC(C)(C)C. The average Bonchev–Trinajstić information content (AvgIpc) is 2.26. The van der Waals surface area contributed by atoms with E-state index in [1.165, 1.54) is 4.90 Å².